The standard InChI is InChI=1S/C25H28N4O/c1-28-14-5-15-29(17-16-28)24-13-8-20(18-26-24)19-27-25(30)23-11-9-22(10-12-23)21-6-3-2-4-7-21/h2-4,6-13,18H,5,14-17,19H2,1H3,(H,27,30). The molecule has 0 saturated carbocycles. The summed E-state index contributed by atoms with van der Waals surface area (Å²) >= 11 is 0. The predicted octanol–water partition coefficient (Wildman–Crippen LogP) is 3.82. The molecule has 1 aliphatic heterocycles. The lowest BCUT2D eigenvalue weighted by atomic mass is 10.0. The number of aromatic nitrogens is 1. The topological polar surface area (TPSA) is 48.5 Å². The van der Waals surface area contributed by atoms with Gasteiger partial charge in [-0.25, -0.2) is 4.98 Å². The van der Waals surface area contributed by atoms with E-state index < -0.39 is 0 Å². The Bertz CT molecular complexity index is 955. The Hall–Kier alpha value is -3.18. The molecule has 154 valence electrons. The van der Waals surface area contributed by atoms with Crippen LogP contribution in [0, 0.1) is 0 Å². The van der Waals surface area contributed by atoms with Crippen LogP contribution in [0.25, 0.3) is 11.1 Å². The molecule has 1 amide bonds. The van der Waals surface area contributed by atoms with Crippen LogP contribution in [0.1, 0.15) is 22.3 Å². The van der Waals surface area contributed by atoms with E-state index in [2.05, 4.69) is 51.4 Å². The summed E-state index contributed by atoms with van der Waals surface area (Å²) in [5.41, 5.74) is 3.91. The Labute approximate surface area is 178 Å². The van der Waals surface area contributed by atoms with Crippen LogP contribution in [-0.4, -0.2) is 49.0 Å². The molecule has 0 aliphatic carbocycles. The fourth-order valence-corrected chi connectivity index (χ4v) is 3.71. The summed E-state index contributed by atoms with van der Waals surface area (Å²) < 4.78 is 0. The van der Waals surface area contributed by atoms with Crippen LogP contribution in [0.5, 0.6) is 0 Å². The quantitative estimate of drug-likeness (QED) is 0.707. The first-order chi connectivity index (χ1) is 14.7. The number of anilines is 1. The van der Waals surface area contributed by atoms with E-state index in [1.807, 2.05) is 48.7 Å². The van der Waals surface area contributed by atoms with Gasteiger partial charge in [0.1, 0.15) is 5.82 Å². The van der Waals surface area contributed by atoms with Crippen molar-refractivity contribution in [1.82, 2.24) is 15.2 Å². The van der Waals surface area contributed by atoms with Gasteiger partial charge in [-0.3, -0.25) is 4.79 Å². The second-order valence-electron chi connectivity index (χ2n) is 7.79. The molecule has 0 spiro atoms. The number of nitrogens with zero attached hydrogens (tertiary/aromatic N) is 3. The van der Waals surface area contributed by atoms with Gasteiger partial charge in [-0.15, -0.1) is 0 Å². The normalized spacial score (nSPS) is 14.9. The van der Waals surface area contributed by atoms with E-state index in [1.54, 1.807) is 0 Å². The van der Waals surface area contributed by atoms with Gasteiger partial charge in [0.2, 0.25) is 0 Å². The van der Waals surface area contributed by atoms with Crippen molar-refractivity contribution in [2.75, 3.05) is 38.1 Å². The maximum atomic E-state index is 12.5. The Morgan fingerprint density at radius 3 is 2.40 bits per heavy atom. The van der Waals surface area contributed by atoms with Crippen LogP contribution >= 0.6 is 0 Å². The smallest absolute Gasteiger partial charge is 0.251 e. The molecule has 1 N–H and O–H groups in total. The minimum Gasteiger partial charge on any atom is -0.355 e. The summed E-state index contributed by atoms with van der Waals surface area (Å²) in [6.07, 6.45) is 3.02. The molecule has 1 fully saturated rings. The fraction of sp³-hybridized carbons (Fsp3) is 0.280. The van der Waals surface area contributed by atoms with Gasteiger partial charge in [-0.2, -0.15) is 0 Å². The molecule has 5 nitrogen and oxygen atoms in total. The average molecular weight is 401 g/mol. The molecular formula is C25H28N4O. The Balaban J connectivity index is 1.32. The van der Waals surface area contributed by atoms with Crippen LogP contribution in [-0.2, 0) is 6.54 Å². The van der Waals surface area contributed by atoms with Gasteiger partial charge in [0.25, 0.3) is 5.91 Å². The van der Waals surface area contributed by atoms with Gasteiger partial charge >= 0.3 is 0 Å². The summed E-state index contributed by atoms with van der Waals surface area (Å²) in [5, 5.41) is 2.99. The summed E-state index contributed by atoms with van der Waals surface area (Å²) in [6, 6.07) is 22.0. The van der Waals surface area contributed by atoms with Gasteiger partial charge in [0, 0.05) is 37.9 Å². The first-order valence-electron chi connectivity index (χ1n) is 10.5. The van der Waals surface area contributed by atoms with Gasteiger partial charge in [0.05, 0.1) is 0 Å². The summed E-state index contributed by atoms with van der Waals surface area (Å²) in [5.74, 6) is 0.936. The molecule has 0 radical (unpaired) electrons. The molecule has 1 aliphatic rings. The predicted molar refractivity (Wildman–Crippen MR) is 122 cm³/mol. The van der Waals surface area contributed by atoms with E-state index in [1.165, 1.54) is 0 Å². The van der Waals surface area contributed by atoms with E-state index in [0.29, 0.717) is 12.1 Å². The molecule has 5 heteroatoms. The van der Waals surface area contributed by atoms with Crippen molar-refractivity contribution in [2.24, 2.45) is 0 Å². The van der Waals surface area contributed by atoms with E-state index >= 15 is 0 Å². The first-order valence-corrected chi connectivity index (χ1v) is 10.5. The molecule has 30 heavy (non-hydrogen) atoms. The highest BCUT2D eigenvalue weighted by Gasteiger charge is 2.13. The number of amides is 1. The molecule has 4 rings (SSSR count). The van der Waals surface area contributed by atoms with Gasteiger partial charge in [-0.1, -0.05) is 48.5 Å². The first kappa shape index (κ1) is 20.1. The molecule has 1 aromatic heterocycles. The third-order valence-corrected chi connectivity index (χ3v) is 5.56. The second kappa shape index (κ2) is 9.55. The summed E-state index contributed by atoms with van der Waals surface area (Å²) in [4.78, 5) is 21.8. The number of rotatable bonds is 5. The van der Waals surface area contributed by atoms with E-state index in [0.717, 1.165) is 55.1 Å². The molecule has 2 aromatic carbocycles. The highest BCUT2D eigenvalue weighted by molar-refractivity contribution is 5.94. The van der Waals surface area contributed by atoms with Crippen molar-refractivity contribution in [2.45, 2.75) is 13.0 Å². The average Bonchev–Trinajstić information content (AvgIpc) is 3.03. The van der Waals surface area contributed by atoms with Crippen LogP contribution in [0.15, 0.2) is 72.9 Å². The van der Waals surface area contributed by atoms with Crippen molar-refractivity contribution in [3.63, 3.8) is 0 Å². The molecule has 3 aromatic rings. The van der Waals surface area contributed by atoms with Gasteiger partial charge in [-0.05, 0) is 54.9 Å². The lowest BCUT2D eigenvalue weighted by molar-refractivity contribution is 0.0951. The van der Waals surface area contributed by atoms with E-state index in [-0.39, 0.29) is 5.91 Å². The van der Waals surface area contributed by atoms with Crippen LogP contribution in [0.3, 0.4) is 0 Å². The number of carbonyl (C=O) groups is 1. The van der Waals surface area contributed by atoms with Crippen LogP contribution in [0.4, 0.5) is 5.82 Å². The lowest BCUT2D eigenvalue weighted by Gasteiger charge is -2.21. The highest BCUT2D eigenvalue weighted by Crippen LogP contribution is 2.19. The fourth-order valence-electron chi connectivity index (χ4n) is 3.71. The Kier molecular flexibility index (Phi) is 6.40. The number of likely N-dealkylation sites (N-methyl/N-ethyl adjacent to an activating group) is 1. The monoisotopic (exact) mass is 400 g/mol. The molecule has 1 saturated heterocycles. The molecule has 0 unspecified atom stereocenters. The van der Waals surface area contributed by atoms with Gasteiger partial charge < -0.3 is 15.1 Å². The summed E-state index contributed by atoms with van der Waals surface area (Å²) in [6.45, 7) is 4.69. The number of pyridine rings is 1. The SMILES string of the molecule is CN1CCCN(c2ccc(CNC(=O)c3ccc(-c4ccccc4)cc3)cn2)CC1. The third kappa shape index (κ3) is 5.05. The number of hydrogen-bond acceptors (Lipinski definition) is 4. The largest absolute Gasteiger partial charge is 0.355 e. The Morgan fingerprint density at radius 2 is 1.67 bits per heavy atom. The zero-order valence-corrected chi connectivity index (χ0v) is 17.4. The van der Waals surface area contributed by atoms with Gasteiger partial charge in [0.15, 0.2) is 0 Å². The molecular weight excluding hydrogens is 372 g/mol. The zero-order valence-electron chi connectivity index (χ0n) is 17.4. The van der Waals surface area contributed by atoms with Crippen molar-refractivity contribution >= 4 is 11.7 Å². The maximum absolute atomic E-state index is 12.5. The highest BCUT2D eigenvalue weighted by atomic mass is 16.1. The second-order valence-corrected chi connectivity index (χ2v) is 7.79. The molecule has 0 bridgehead atoms. The van der Waals surface area contributed by atoms with Crippen molar-refractivity contribution in [1.29, 1.82) is 0 Å². The number of nitrogens with one attached hydrogen (secondary N) is 1. The van der Waals surface area contributed by atoms with Crippen molar-refractivity contribution in [3.05, 3.63) is 84.1 Å². The minimum absolute atomic E-state index is 0.0748. The molecule has 0 atom stereocenters. The van der Waals surface area contributed by atoms with E-state index in [4.69, 9.17) is 0 Å². The number of hydrogen-bond donors (Lipinski definition) is 1. The number of carbonyl (C=O) groups excluding carboxylic acids is 1. The lowest BCUT2D eigenvalue weighted by Crippen LogP contribution is -2.29. The maximum Gasteiger partial charge on any atom is 0.251 e. The third-order valence-electron chi connectivity index (χ3n) is 5.56. The van der Waals surface area contributed by atoms with Crippen molar-refractivity contribution < 1.29 is 4.79 Å². The van der Waals surface area contributed by atoms with E-state index in [9.17, 15) is 4.79 Å². The summed E-state index contributed by atoms with van der Waals surface area (Å²) in [7, 11) is 2.16. The van der Waals surface area contributed by atoms with Crippen LogP contribution in [0.2, 0.25) is 0 Å². The zero-order chi connectivity index (χ0) is 20.8. The molecule has 2 heterocycles. The van der Waals surface area contributed by atoms with Crippen LogP contribution < -0.4 is 10.2 Å². The number of benzene rings is 2. The minimum atomic E-state index is -0.0748. The van der Waals surface area contributed by atoms with Crippen molar-refractivity contribution in [3.8, 4) is 11.1 Å². The Morgan fingerprint density at radius 1 is 0.900 bits per heavy atom.